The lowest BCUT2D eigenvalue weighted by Gasteiger charge is -2.26. The van der Waals surface area contributed by atoms with Crippen molar-refractivity contribution in [1.82, 2.24) is 0 Å². The molecule has 0 amide bonds. The Kier molecular flexibility index (Phi) is 3.52. The van der Waals surface area contributed by atoms with Gasteiger partial charge in [0, 0.05) is 19.6 Å². The first kappa shape index (κ1) is 12.2. The molecule has 0 N–H and O–H groups in total. The Hall–Kier alpha value is -1.29. The van der Waals surface area contributed by atoms with Crippen molar-refractivity contribution in [2.24, 2.45) is 4.99 Å². The molecular weight excluding hydrogens is 278 g/mol. The molecule has 0 aromatic heterocycles. The van der Waals surface area contributed by atoms with Gasteiger partial charge in [0.15, 0.2) is 0 Å². The molecule has 4 heteroatoms. The Balaban J connectivity index is 0.00000108. The lowest BCUT2D eigenvalue weighted by atomic mass is 10.2. The van der Waals surface area contributed by atoms with Gasteiger partial charge in [0.2, 0.25) is 5.96 Å². The maximum absolute atomic E-state index is 4.63. The zero-order chi connectivity index (χ0) is 11.0. The van der Waals surface area contributed by atoms with E-state index in [1.165, 1.54) is 11.4 Å². The average molecular weight is 294 g/mol. The van der Waals surface area contributed by atoms with E-state index in [1.807, 2.05) is 6.08 Å². The van der Waals surface area contributed by atoms with Crippen LogP contribution in [0.1, 0.15) is 6.42 Å². The third-order valence-corrected chi connectivity index (χ3v) is 3.05. The van der Waals surface area contributed by atoms with Gasteiger partial charge in [-0.25, -0.2) is 0 Å². The molecule has 0 atom stereocenters. The molecule has 1 aromatic carbocycles. The fourth-order valence-corrected chi connectivity index (χ4v) is 2.39. The van der Waals surface area contributed by atoms with Crippen molar-refractivity contribution < 1.29 is 0 Å². The quantitative estimate of drug-likeness (QED) is 0.781. The number of guanidine groups is 1. The first-order valence-corrected chi connectivity index (χ1v) is 5.71. The molecule has 0 aliphatic carbocycles. The summed E-state index contributed by atoms with van der Waals surface area (Å²) >= 11 is 0. The molecule has 2 heterocycles. The SMILES string of the molecule is Br.C=CCN1C2=NCCCN2c2ccccc21. The van der Waals surface area contributed by atoms with Crippen molar-refractivity contribution >= 4 is 34.3 Å². The summed E-state index contributed by atoms with van der Waals surface area (Å²) in [7, 11) is 0. The molecule has 2 aliphatic heterocycles. The Morgan fingerprint density at radius 2 is 2.06 bits per heavy atom. The van der Waals surface area contributed by atoms with Crippen molar-refractivity contribution in [2.45, 2.75) is 6.42 Å². The third-order valence-electron chi connectivity index (χ3n) is 3.05. The van der Waals surface area contributed by atoms with Gasteiger partial charge in [-0.05, 0) is 18.6 Å². The number of benzene rings is 1. The highest BCUT2D eigenvalue weighted by Crippen LogP contribution is 2.37. The lowest BCUT2D eigenvalue weighted by molar-refractivity contribution is 0.788. The van der Waals surface area contributed by atoms with Crippen LogP contribution in [0.25, 0.3) is 0 Å². The van der Waals surface area contributed by atoms with E-state index in [9.17, 15) is 0 Å². The predicted octanol–water partition coefficient (Wildman–Crippen LogP) is 2.84. The second-order valence-corrected chi connectivity index (χ2v) is 4.07. The summed E-state index contributed by atoms with van der Waals surface area (Å²) in [5.41, 5.74) is 2.53. The Morgan fingerprint density at radius 3 is 2.82 bits per heavy atom. The summed E-state index contributed by atoms with van der Waals surface area (Å²) in [5.74, 6) is 1.09. The number of aliphatic imine (C=N–C) groups is 1. The predicted molar refractivity (Wildman–Crippen MR) is 78.6 cm³/mol. The van der Waals surface area contributed by atoms with Crippen molar-refractivity contribution in [1.29, 1.82) is 0 Å². The van der Waals surface area contributed by atoms with E-state index in [0.29, 0.717) is 0 Å². The Morgan fingerprint density at radius 1 is 1.29 bits per heavy atom. The van der Waals surface area contributed by atoms with Gasteiger partial charge in [-0.3, -0.25) is 4.99 Å². The topological polar surface area (TPSA) is 18.8 Å². The number of para-hydroxylation sites is 2. The van der Waals surface area contributed by atoms with Crippen LogP contribution in [0.4, 0.5) is 11.4 Å². The highest BCUT2D eigenvalue weighted by atomic mass is 79.9. The van der Waals surface area contributed by atoms with Crippen LogP contribution >= 0.6 is 17.0 Å². The maximum Gasteiger partial charge on any atom is 0.206 e. The third kappa shape index (κ3) is 1.86. The molecule has 17 heavy (non-hydrogen) atoms. The highest BCUT2D eigenvalue weighted by molar-refractivity contribution is 8.93. The molecule has 0 saturated carbocycles. The van der Waals surface area contributed by atoms with Crippen LogP contribution in [0.15, 0.2) is 41.9 Å². The molecule has 0 unspecified atom stereocenters. The fraction of sp³-hybridized carbons (Fsp3) is 0.308. The number of hydrogen-bond donors (Lipinski definition) is 0. The molecule has 2 aliphatic rings. The maximum atomic E-state index is 4.63. The number of nitrogens with zero attached hydrogens (tertiary/aromatic N) is 3. The zero-order valence-corrected chi connectivity index (χ0v) is 11.4. The first-order valence-electron chi connectivity index (χ1n) is 5.71. The summed E-state index contributed by atoms with van der Waals surface area (Å²) in [5, 5.41) is 0. The van der Waals surface area contributed by atoms with Crippen molar-refractivity contribution in [3.63, 3.8) is 0 Å². The van der Waals surface area contributed by atoms with Gasteiger partial charge in [0.1, 0.15) is 0 Å². The molecule has 0 bridgehead atoms. The van der Waals surface area contributed by atoms with E-state index in [1.54, 1.807) is 0 Å². The second kappa shape index (κ2) is 4.92. The molecule has 0 fully saturated rings. The van der Waals surface area contributed by atoms with Gasteiger partial charge < -0.3 is 9.80 Å². The van der Waals surface area contributed by atoms with Crippen LogP contribution in [-0.4, -0.2) is 25.6 Å². The van der Waals surface area contributed by atoms with E-state index in [2.05, 4.69) is 45.6 Å². The van der Waals surface area contributed by atoms with Gasteiger partial charge >= 0.3 is 0 Å². The van der Waals surface area contributed by atoms with Gasteiger partial charge in [-0.2, -0.15) is 0 Å². The number of fused-ring (bicyclic) bond motifs is 3. The van der Waals surface area contributed by atoms with E-state index < -0.39 is 0 Å². The van der Waals surface area contributed by atoms with Gasteiger partial charge in [-0.1, -0.05) is 18.2 Å². The Labute approximate surface area is 112 Å². The molecule has 0 saturated heterocycles. The van der Waals surface area contributed by atoms with Gasteiger partial charge in [-0.15, -0.1) is 23.6 Å². The molecule has 0 radical (unpaired) electrons. The second-order valence-electron chi connectivity index (χ2n) is 4.07. The number of hydrogen-bond acceptors (Lipinski definition) is 3. The van der Waals surface area contributed by atoms with E-state index in [0.717, 1.165) is 32.0 Å². The van der Waals surface area contributed by atoms with Crippen molar-refractivity contribution in [2.75, 3.05) is 29.4 Å². The summed E-state index contributed by atoms with van der Waals surface area (Å²) in [4.78, 5) is 9.17. The average Bonchev–Trinajstić information content (AvgIpc) is 2.66. The summed E-state index contributed by atoms with van der Waals surface area (Å²) in [6, 6.07) is 8.48. The largest absolute Gasteiger partial charge is 0.310 e. The fourth-order valence-electron chi connectivity index (χ4n) is 2.39. The monoisotopic (exact) mass is 293 g/mol. The van der Waals surface area contributed by atoms with Crippen LogP contribution in [0.2, 0.25) is 0 Å². The van der Waals surface area contributed by atoms with E-state index in [-0.39, 0.29) is 17.0 Å². The normalized spacial score (nSPS) is 16.8. The van der Waals surface area contributed by atoms with E-state index >= 15 is 0 Å². The highest BCUT2D eigenvalue weighted by Gasteiger charge is 2.32. The molecular formula is C13H16BrN3. The number of anilines is 2. The minimum atomic E-state index is 0. The standard InChI is InChI=1S/C13H15N3.BrH/c1-2-9-15-11-6-3-4-7-12(11)16-10-5-8-14-13(15)16;/h2-4,6-7H,1,5,8-10H2;1H. The zero-order valence-electron chi connectivity index (χ0n) is 9.67. The Bertz CT molecular complexity index is 456. The van der Waals surface area contributed by atoms with Gasteiger partial charge in [0.05, 0.1) is 11.4 Å². The lowest BCUT2D eigenvalue weighted by Crippen LogP contribution is -2.41. The van der Waals surface area contributed by atoms with Crippen LogP contribution in [0.3, 0.4) is 0 Å². The van der Waals surface area contributed by atoms with Crippen molar-refractivity contribution in [3.8, 4) is 0 Å². The molecule has 0 spiro atoms. The summed E-state index contributed by atoms with van der Waals surface area (Å²) in [6.45, 7) is 6.66. The minimum absolute atomic E-state index is 0. The van der Waals surface area contributed by atoms with Crippen LogP contribution in [0.5, 0.6) is 0 Å². The first-order chi connectivity index (χ1) is 7.92. The summed E-state index contributed by atoms with van der Waals surface area (Å²) in [6.07, 6.45) is 3.07. The smallest absolute Gasteiger partial charge is 0.206 e. The van der Waals surface area contributed by atoms with Crippen LogP contribution < -0.4 is 9.80 Å². The minimum Gasteiger partial charge on any atom is -0.310 e. The molecule has 3 rings (SSSR count). The van der Waals surface area contributed by atoms with E-state index in [4.69, 9.17) is 0 Å². The van der Waals surface area contributed by atoms with Crippen LogP contribution in [0, 0.1) is 0 Å². The van der Waals surface area contributed by atoms with Gasteiger partial charge in [0.25, 0.3) is 0 Å². The van der Waals surface area contributed by atoms with Crippen LogP contribution in [-0.2, 0) is 0 Å². The van der Waals surface area contributed by atoms with Crippen molar-refractivity contribution in [3.05, 3.63) is 36.9 Å². The number of rotatable bonds is 2. The number of halogens is 1. The molecule has 1 aromatic rings. The summed E-state index contributed by atoms with van der Waals surface area (Å²) < 4.78 is 0. The molecule has 90 valence electrons. The molecule has 3 nitrogen and oxygen atoms in total.